The van der Waals surface area contributed by atoms with E-state index in [2.05, 4.69) is 24.0 Å². The van der Waals surface area contributed by atoms with Gasteiger partial charge in [-0.25, -0.2) is 4.79 Å². The topological polar surface area (TPSA) is 37.8 Å². The first-order valence-corrected chi connectivity index (χ1v) is 6.54. The van der Waals surface area contributed by atoms with Gasteiger partial charge < -0.3 is 4.98 Å². The van der Waals surface area contributed by atoms with Crippen molar-refractivity contribution in [3.8, 4) is 0 Å². The molecule has 2 rings (SSSR count). The average molecular weight is 244 g/mol. The van der Waals surface area contributed by atoms with Crippen molar-refractivity contribution in [2.45, 2.75) is 39.7 Å². The van der Waals surface area contributed by atoms with Gasteiger partial charge in [0, 0.05) is 24.4 Å². The van der Waals surface area contributed by atoms with Gasteiger partial charge in [0.1, 0.15) is 0 Å². The Bertz CT molecular complexity index is 552. The summed E-state index contributed by atoms with van der Waals surface area (Å²) in [5.41, 5.74) is 3.34. The smallest absolute Gasteiger partial charge is 0.309 e. The predicted molar refractivity (Wildman–Crippen MR) is 73.9 cm³/mol. The molecule has 0 aliphatic carbocycles. The lowest BCUT2D eigenvalue weighted by molar-refractivity contribution is 0.602. The van der Waals surface area contributed by atoms with Crippen LogP contribution in [0.1, 0.15) is 36.7 Å². The van der Waals surface area contributed by atoms with E-state index >= 15 is 0 Å². The van der Waals surface area contributed by atoms with E-state index in [-0.39, 0.29) is 5.69 Å². The molecular formula is C15H20N2O. The molecule has 0 bridgehead atoms. The van der Waals surface area contributed by atoms with Crippen molar-refractivity contribution in [2.75, 3.05) is 0 Å². The van der Waals surface area contributed by atoms with Crippen molar-refractivity contribution in [2.24, 2.45) is 0 Å². The van der Waals surface area contributed by atoms with Crippen LogP contribution in [0.25, 0.3) is 0 Å². The highest BCUT2D eigenvalue weighted by Crippen LogP contribution is 2.10. The van der Waals surface area contributed by atoms with Crippen molar-refractivity contribution in [3.05, 3.63) is 57.8 Å². The van der Waals surface area contributed by atoms with Crippen molar-refractivity contribution in [1.82, 2.24) is 9.55 Å². The van der Waals surface area contributed by atoms with E-state index in [1.165, 1.54) is 5.56 Å². The van der Waals surface area contributed by atoms with Gasteiger partial charge in [-0.15, -0.1) is 0 Å². The lowest BCUT2D eigenvalue weighted by atomic mass is 10.1. The maximum atomic E-state index is 11.9. The summed E-state index contributed by atoms with van der Waals surface area (Å²) in [5, 5.41) is 0. The molecule has 0 spiro atoms. The van der Waals surface area contributed by atoms with E-state index < -0.39 is 0 Å². The van der Waals surface area contributed by atoms with Crippen molar-refractivity contribution < 1.29 is 0 Å². The monoisotopic (exact) mass is 244 g/mol. The second kappa shape index (κ2) is 5.71. The van der Waals surface area contributed by atoms with Gasteiger partial charge in [0.05, 0.1) is 0 Å². The second-order valence-corrected chi connectivity index (χ2v) is 4.66. The highest BCUT2D eigenvalue weighted by atomic mass is 16.1. The number of hydrogen-bond donors (Lipinski definition) is 1. The number of benzene rings is 1. The maximum absolute atomic E-state index is 11.9. The third-order valence-electron chi connectivity index (χ3n) is 3.30. The van der Waals surface area contributed by atoms with E-state index in [1.54, 1.807) is 0 Å². The average Bonchev–Trinajstić information content (AvgIpc) is 2.64. The Kier molecular flexibility index (Phi) is 4.03. The molecule has 1 N–H and O–H groups in total. The summed E-state index contributed by atoms with van der Waals surface area (Å²) in [5.74, 6) is 0. The highest BCUT2D eigenvalue weighted by Gasteiger charge is 2.09. The van der Waals surface area contributed by atoms with Crippen LogP contribution in [0.3, 0.4) is 0 Å². The van der Waals surface area contributed by atoms with Gasteiger partial charge >= 0.3 is 5.69 Å². The molecule has 3 nitrogen and oxygen atoms in total. The van der Waals surface area contributed by atoms with Gasteiger partial charge in [0.25, 0.3) is 0 Å². The quantitative estimate of drug-likeness (QED) is 0.862. The molecule has 0 aliphatic heterocycles. The first-order valence-electron chi connectivity index (χ1n) is 6.54. The first-order chi connectivity index (χ1) is 8.72. The zero-order valence-electron chi connectivity index (χ0n) is 11.1. The minimum Gasteiger partial charge on any atom is -0.309 e. The molecule has 0 aliphatic rings. The van der Waals surface area contributed by atoms with Crippen LogP contribution in [-0.2, 0) is 13.0 Å². The van der Waals surface area contributed by atoms with Crippen LogP contribution in [0.2, 0.25) is 0 Å². The molecule has 0 atom stereocenters. The molecular weight excluding hydrogens is 224 g/mol. The molecule has 0 amide bonds. The molecule has 1 heterocycles. The highest BCUT2D eigenvalue weighted by molar-refractivity contribution is 5.24. The lowest BCUT2D eigenvalue weighted by Crippen LogP contribution is -2.17. The Hall–Kier alpha value is -1.77. The van der Waals surface area contributed by atoms with Gasteiger partial charge in [0.15, 0.2) is 0 Å². The summed E-state index contributed by atoms with van der Waals surface area (Å²) >= 11 is 0. The number of hydrogen-bond acceptors (Lipinski definition) is 1. The maximum Gasteiger partial charge on any atom is 0.325 e. The molecule has 18 heavy (non-hydrogen) atoms. The van der Waals surface area contributed by atoms with Crippen molar-refractivity contribution in [3.63, 3.8) is 0 Å². The third kappa shape index (κ3) is 2.73. The molecule has 0 radical (unpaired) electrons. The molecule has 2 aromatic rings. The largest absolute Gasteiger partial charge is 0.325 e. The van der Waals surface area contributed by atoms with Gasteiger partial charge in [-0.1, -0.05) is 43.7 Å². The molecule has 1 aromatic heterocycles. The van der Waals surface area contributed by atoms with Gasteiger partial charge in [0.2, 0.25) is 0 Å². The fourth-order valence-corrected chi connectivity index (χ4v) is 2.16. The van der Waals surface area contributed by atoms with Gasteiger partial charge in [-0.05, 0) is 18.9 Å². The Morgan fingerprint density at radius 1 is 1.22 bits per heavy atom. The number of unbranched alkanes of at least 4 members (excludes halogenated alkanes) is 1. The zero-order valence-corrected chi connectivity index (χ0v) is 11.1. The van der Waals surface area contributed by atoms with Crippen molar-refractivity contribution >= 4 is 0 Å². The number of aromatic amines is 1. The summed E-state index contributed by atoms with van der Waals surface area (Å²) in [7, 11) is 0. The molecule has 0 saturated heterocycles. The van der Waals surface area contributed by atoms with Gasteiger partial charge in [-0.3, -0.25) is 4.57 Å². The van der Waals surface area contributed by atoms with Crippen LogP contribution in [0, 0.1) is 6.92 Å². The molecule has 3 heteroatoms. The predicted octanol–water partition coefficient (Wildman–Crippen LogP) is 2.88. The lowest BCUT2D eigenvalue weighted by Gasteiger charge is -2.04. The van der Waals surface area contributed by atoms with Crippen LogP contribution in [0.15, 0.2) is 35.1 Å². The van der Waals surface area contributed by atoms with E-state index in [4.69, 9.17) is 0 Å². The summed E-state index contributed by atoms with van der Waals surface area (Å²) < 4.78 is 1.85. The molecule has 1 aromatic carbocycles. The van der Waals surface area contributed by atoms with Crippen LogP contribution in [-0.4, -0.2) is 9.55 Å². The van der Waals surface area contributed by atoms with E-state index in [9.17, 15) is 4.79 Å². The number of rotatable bonds is 5. The van der Waals surface area contributed by atoms with E-state index in [0.717, 1.165) is 37.2 Å². The molecule has 96 valence electrons. The minimum atomic E-state index is 0.0203. The first kappa shape index (κ1) is 12.7. The Balaban J connectivity index is 2.22. The van der Waals surface area contributed by atoms with Gasteiger partial charge in [-0.2, -0.15) is 0 Å². The summed E-state index contributed by atoms with van der Waals surface area (Å²) in [6.07, 6.45) is 2.94. The minimum absolute atomic E-state index is 0.0203. The number of H-pyrrole nitrogens is 1. The fraction of sp³-hybridized carbons (Fsp3) is 0.400. The Labute approximate surface area is 107 Å². The van der Waals surface area contributed by atoms with Crippen LogP contribution in [0.5, 0.6) is 0 Å². The summed E-state index contributed by atoms with van der Waals surface area (Å²) in [6, 6.07) is 10.2. The fourth-order valence-electron chi connectivity index (χ4n) is 2.16. The third-order valence-corrected chi connectivity index (χ3v) is 3.30. The van der Waals surface area contributed by atoms with E-state index in [0.29, 0.717) is 0 Å². The number of imidazole rings is 1. The van der Waals surface area contributed by atoms with Crippen LogP contribution >= 0.6 is 0 Å². The van der Waals surface area contributed by atoms with E-state index in [1.807, 2.05) is 29.7 Å². The zero-order chi connectivity index (χ0) is 13.0. The van der Waals surface area contributed by atoms with Crippen LogP contribution in [0.4, 0.5) is 0 Å². The standard InChI is InChI=1S/C15H20N2O/c1-3-4-10-17-12(2)14(16-15(17)18)11-13-8-6-5-7-9-13/h5-9H,3-4,10-11H2,1-2H3,(H,16,18). The second-order valence-electron chi connectivity index (χ2n) is 4.66. The van der Waals surface area contributed by atoms with Crippen molar-refractivity contribution in [1.29, 1.82) is 0 Å². The molecule has 0 saturated carbocycles. The SMILES string of the molecule is CCCCn1c(C)c(Cc2ccccc2)[nH]c1=O. The summed E-state index contributed by atoms with van der Waals surface area (Å²) in [4.78, 5) is 14.8. The Morgan fingerprint density at radius 3 is 2.61 bits per heavy atom. The number of aromatic nitrogens is 2. The number of nitrogens with one attached hydrogen (secondary N) is 1. The van der Waals surface area contributed by atoms with Crippen LogP contribution < -0.4 is 5.69 Å². The number of nitrogens with zero attached hydrogens (tertiary/aromatic N) is 1. The normalized spacial score (nSPS) is 10.8. The molecule has 0 unspecified atom stereocenters. The molecule has 0 fully saturated rings. The Morgan fingerprint density at radius 2 is 1.94 bits per heavy atom. The summed E-state index contributed by atoms with van der Waals surface area (Å²) in [6.45, 7) is 4.97.